The Morgan fingerprint density at radius 2 is 2.00 bits per heavy atom. The lowest BCUT2D eigenvalue weighted by Gasteiger charge is -2.19. The molecule has 0 saturated heterocycles. The highest BCUT2D eigenvalue weighted by molar-refractivity contribution is 4.43. The van der Waals surface area contributed by atoms with E-state index >= 15 is 0 Å². The van der Waals surface area contributed by atoms with Crippen LogP contribution in [0.25, 0.3) is 0 Å². The summed E-state index contributed by atoms with van der Waals surface area (Å²) in [6.45, 7) is 0. The molecule has 8 heavy (non-hydrogen) atoms. The Balaban J connectivity index is 3.37. The van der Waals surface area contributed by atoms with Gasteiger partial charge in [-0.1, -0.05) is 0 Å². The lowest BCUT2D eigenvalue weighted by atomic mass is 10.8. The highest BCUT2D eigenvalue weighted by Crippen LogP contribution is 1.81. The lowest BCUT2D eigenvalue weighted by Crippen LogP contribution is -2.54. The SMILES string of the molecule is CNC(O)(O)NOC. The van der Waals surface area contributed by atoms with E-state index in [0.29, 0.717) is 0 Å². The molecule has 0 amide bonds. The van der Waals surface area contributed by atoms with Crippen molar-refractivity contribution in [2.75, 3.05) is 14.2 Å². The van der Waals surface area contributed by atoms with E-state index in [2.05, 4.69) is 10.2 Å². The van der Waals surface area contributed by atoms with Crippen molar-refractivity contribution in [2.24, 2.45) is 0 Å². The lowest BCUT2D eigenvalue weighted by molar-refractivity contribution is -0.264. The van der Waals surface area contributed by atoms with Gasteiger partial charge in [-0.05, 0) is 7.05 Å². The Labute approximate surface area is 47.2 Å². The molecule has 0 aliphatic carbocycles. The molecule has 0 bridgehead atoms. The van der Waals surface area contributed by atoms with Crippen LogP contribution in [0.5, 0.6) is 0 Å². The third kappa shape index (κ3) is 2.89. The maximum absolute atomic E-state index is 8.53. The summed E-state index contributed by atoms with van der Waals surface area (Å²) in [5, 5.41) is 19.2. The third-order valence-corrected chi connectivity index (χ3v) is 0.593. The van der Waals surface area contributed by atoms with Gasteiger partial charge in [-0.25, -0.2) is 0 Å². The second-order valence-electron chi connectivity index (χ2n) is 1.23. The van der Waals surface area contributed by atoms with Crippen molar-refractivity contribution in [2.45, 2.75) is 6.03 Å². The normalized spacial score (nSPS) is 12.0. The number of rotatable bonds is 3. The smallest absolute Gasteiger partial charge is 0.308 e. The molecule has 0 atom stereocenters. The van der Waals surface area contributed by atoms with Gasteiger partial charge in [0.2, 0.25) is 0 Å². The maximum Gasteiger partial charge on any atom is 0.308 e. The molecule has 0 aliphatic heterocycles. The second kappa shape index (κ2) is 2.95. The number of hydroxylamine groups is 1. The molecule has 4 N–H and O–H groups in total. The molecule has 0 aromatic rings. The van der Waals surface area contributed by atoms with E-state index in [1.165, 1.54) is 14.2 Å². The molecule has 0 spiro atoms. The summed E-state index contributed by atoms with van der Waals surface area (Å²) in [6.07, 6.45) is 0. The Hall–Kier alpha value is -0.200. The summed E-state index contributed by atoms with van der Waals surface area (Å²) in [4.78, 5) is 4.19. The van der Waals surface area contributed by atoms with Gasteiger partial charge < -0.3 is 10.2 Å². The summed E-state index contributed by atoms with van der Waals surface area (Å²) in [5.74, 6) is 0. The van der Waals surface area contributed by atoms with Crippen LogP contribution in [0.2, 0.25) is 0 Å². The number of aliphatic hydroxyl groups is 2. The molecular formula is C3H10N2O3. The summed E-state index contributed by atoms with van der Waals surface area (Å²) in [5.41, 5.74) is 1.87. The van der Waals surface area contributed by atoms with E-state index in [-0.39, 0.29) is 0 Å². The van der Waals surface area contributed by atoms with E-state index in [0.717, 1.165) is 0 Å². The number of hydrogen-bond donors (Lipinski definition) is 4. The van der Waals surface area contributed by atoms with Crippen LogP contribution < -0.4 is 10.8 Å². The van der Waals surface area contributed by atoms with Crippen LogP contribution in [0.1, 0.15) is 0 Å². The van der Waals surface area contributed by atoms with E-state index in [9.17, 15) is 0 Å². The van der Waals surface area contributed by atoms with E-state index in [4.69, 9.17) is 10.2 Å². The third-order valence-electron chi connectivity index (χ3n) is 0.593. The van der Waals surface area contributed by atoms with E-state index < -0.39 is 6.03 Å². The first-order valence-electron chi connectivity index (χ1n) is 2.06. The summed E-state index contributed by atoms with van der Waals surface area (Å²) in [7, 11) is 2.64. The monoisotopic (exact) mass is 122 g/mol. The van der Waals surface area contributed by atoms with Crippen molar-refractivity contribution in [3.63, 3.8) is 0 Å². The molecule has 0 aromatic heterocycles. The number of nitrogens with one attached hydrogen (secondary N) is 2. The van der Waals surface area contributed by atoms with Crippen molar-refractivity contribution in [3.05, 3.63) is 0 Å². The summed E-state index contributed by atoms with van der Waals surface area (Å²) < 4.78 is 0. The van der Waals surface area contributed by atoms with Crippen LogP contribution in [-0.2, 0) is 4.84 Å². The molecule has 0 heterocycles. The molecule has 0 fully saturated rings. The molecule has 5 nitrogen and oxygen atoms in total. The fourth-order valence-corrected chi connectivity index (χ4v) is 0.193. The maximum atomic E-state index is 8.53. The van der Waals surface area contributed by atoms with Gasteiger partial charge in [-0.3, -0.25) is 10.2 Å². The van der Waals surface area contributed by atoms with Gasteiger partial charge in [0.25, 0.3) is 0 Å². The Bertz CT molecular complexity index is 65.5. The molecule has 0 aliphatic rings. The van der Waals surface area contributed by atoms with Gasteiger partial charge in [0.1, 0.15) is 0 Å². The molecule has 0 unspecified atom stereocenters. The first kappa shape index (κ1) is 7.80. The van der Waals surface area contributed by atoms with Gasteiger partial charge in [0, 0.05) is 0 Å². The van der Waals surface area contributed by atoms with Crippen molar-refractivity contribution in [1.82, 2.24) is 10.8 Å². The topological polar surface area (TPSA) is 73.8 Å². The zero-order valence-corrected chi connectivity index (χ0v) is 4.80. The van der Waals surface area contributed by atoms with Crippen molar-refractivity contribution < 1.29 is 15.1 Å². The molecular weight excluding hydrogens is 112 g/mol. The zero-order valence-electron chi connectivity index (χ0n) is 4.80. The number of hydrogen-bond acceptors (Lipinski definition) is 5. The summed E-state index contributed by atoms with van der Waals surface area (Å²) >= 11 is 0. The quantitative estimate of drug-likeness (QED) is 0.256. The minimum absolute atomic E-state index is 1.28. The largest absolute Gasteiger partial charge is 0.339 e. The van der Waals surface area contributed by atoms with Gasteiger partial charge in [-0.15, -0.1) is 5.48 Å². The van der Waals surface area contributed by atoms with Gasteiger partial charge in [0.15, 0.2) is 0 Å². The average Bonchev–Trinajstić information content (AvgIpc) is 1.67. The molecule has 0 radical (unpaired) electrons. The molecule has 50 valence electrons. The molecule has 5 heteroatoms. The minimum atomic E-state index is -2.13. The predicted molar refractivity (Wildman–Crippen MR) is 26.4 cm³/mol. The minimum Gasteiger partial charge on any atom is -0.339 e. The Kier molecular flexibility index (Phi) is 2.88. The average molecular weight is 122 g/mol. The van der Waals surface area contributed by atoms with Crippen LogP contribution in [0.4, 0.5) is 0 Å². The molecule has 0 aromatic carbocycles. The first-order chi connectivity index (χ1) is 3.62. The van der Waals surface area contributed by atoms with Gasteiger partial charge in [0.05, 0.1) is 7.11 Å². The zero-order chi connectivity index (χ0) is 6.62. The molecule has 0 rings (SSSR count). The molecule has 0 saturated carbocycles. The van der Waals surface area contributed by atoms with Crippen molar-refractivity contribution in [3.8, 4) is 0 Å². The van der Waals surface area contributed by atoms with Crippen LogP contribution >= 0.6 is 0 Å². The van der Waals surface area contributed by atoms with Crippen molar-refractivity contribution in [1.29, 1.82) is 0 Å². The predicted octanol–water partition coefficient (Wildman–Crippen LogP) is -2.05. The van der Waals surface area contributed by atoms with E-state index in [1.807, 2.05) is 5.48 Å². The fraction of sp³-hybridized carbons (Fsp3) is 1.00. The van der Waals surface area contributed by atoms with Crippen molar-refractivity contribution >= 4 is 0 Å². The second-order valence-corrected chi connectivity index (χ2v) is 1.23. The van der Waals surface area contributed by atoms with Crippen LogP contribution in [0.15, 0.2) is 0 Å². The van der Waals surface area contributed by atoms with E-state index in [1.54, 1.807) is 0 Å². The van der Waals surface area contributed by atoms with Gasteiger partial charge in [-0.2, -0.15) is 0 Å². The summed E-state index contributed by atoms with van der Waals surface area (Å²) in [6, 6.07) is -2.13. The standard InChI is InChI=1S/C3H10N2O3/c1-4-3(6,7)5-8-2/h4-7H,1-2H3. The van der Waals surface area contributed by atoms with Crippen LogP contribution in [0.3, 0.4) is 0 Å². The van der Waals surface area contributed by atoms with Crippen LogP contribution in [-0.4, -0.2) is 30.4 Å². The van der Waals surface area contributed by atoms with Gasteiger partial charge >= 0.3 is 6.03 Å². The Morgan fingerprint density at radius 3 is 2.12 bits per heavy atom. The Morgan fingerprint density at radius 1 is 1.50 bits per heavy atom. The highest BCUT2D eigenvalue weighted by Gasteiger charge is 2.17. The van der Waals surface area contributed by atoms with Crippen LogP contribution in [0, 0.1) is 0 Å². The first-order valence-corrected chi connectivity index (χ1v) is 2.06. The highest BCUT2D eigenvalue weighted by atomic mass is 16.7. The fourth-order valence-electron chi connectivity index (χ4n) is 0.193.